The van der Waals surface area contributed by atoms with Crippen LogP contribution in [-0.4, -0.2) is 57.8 Å². The number of hydrogen-bond acceptors (Lipinski definition) is 3. The van der Waals surface area contributed by atoms with Crippen LogP contribution in [0.25, 0.3) is 0 Å². The number of rotatable bonds is 3. The van der Waals surface area contributed by atoms with Gasteiger partial charge in [-0.2, -0.15) is 0 Å². The lowest BCUT2D eigenvalue weighted by molar-refractivity contribution is -0.141. The highest BCUT2D eigenvalue weighted by atomic mass is 35.5. The smallest absolute Gasteiger partial charge is 0.326 e. The highest BCUT2D eigenvalue weighted by Gasteiger charge is 2.40. The topological polar surface area (TPSA) is 81.1 Å². The molecule has 1 saturated heterocycles. The second-order valence-corrected chi connectivity index (χ2v) is 5.60. The van der Waals surface area contributed by atoms with Crippen LogP contribution >= 0.6 is 11.6 Å². The molecule has 0 unspecified atom stereocenters. The minimum atomic E-state index is -1.10. The molecule has 2 N–H and O–H groups in total. The van der Waals surface area contributed by atoms with Crippen LogP contribution in [0.2, 0.25) is 5.02 Å². The Balaban J connectivity index is 2.06. The van der Waals surface area contributed by atoms with Crippen molar-refractivity contribution in [2.75, 3.05) is 13.6 Å². The quantitative estimate of drug-likeness (QED) is 0.884. The molecule has 0 saturated carbocycles. The van der Waals surface area contributed by atoms with Gasteiger partial charge in [0.05, 0.1) is 6.10 Å². The zero-order valence-corrected chi connectivity index (χ0v) is 12.3. The second kappa shape index (κ2) is 6.32. The van der Waals surface area contributed by atoms with Crippen LogP contribution in [0.5, 0.6) is 0 Å². The number of aliphatic carboxylic acids is 1. The molecule has 0 spiro atoms. The molecule has 0 radical (unpaired) electrons. The Kier molecular flexibility index (Phi) is 4.69. The number of carboxylic acids is 1. The maximum atomic E-state index is 12.3. The average Bonchev–Trinajstić information content (AvgIpc) is 2.80. The molecule has 7 heteroatoms. The summed E-state index contributed by atoms with van der Waals surface area (Å²) in [6.07, 6.45) is -0.735. The molecule has 2 amide bonds. The van der Waals surface area contributed by atoms with E-state index in [1.807, 2.05) is 6.07 Å². The Morgan fingerprint density at radius 2 is 2.19 bits per heavy atom. The normalized spacial score (nSPS) is 21.4. The van der Waals surface area contributed by atoms with Crippen LogP contribution in [0.1, 0.15) is 12.0 Å². The number of β-amino-alcohol motifs (C(OH)–C–C–N with tert-alkyl or cyclic N) is 1. The third-order valence-electron chi connectivity index (χ3n) is 3.45. The number of amides is 2. The van der Waals surface area contributed by atoms with Crippen molar-refractivity contribution >= 4 is 23.6 Å². The van der Waals surface area contributed by atoms with Crippen molar-refractivity contribution in [1.29, 1.82) is 0 Å². The third kappa shape index (κ3) is 3.65. The van der Waals surface area contributed by atoms with E-state index in [0.717, 1.165) is 5.56 Å². The van der Waals surface area contributed by atoms with E-state index in [4.69, 9.17) is 16.7 Å². The van der Waals surface area contributed by atoms with Crippen LogP contribution in [-0.2, 0) is 11.3 Å². The van der Waals surface area contributed by atoms with Crippen molar-refractivity contribution in [1.82, 2.24) is 9.80 Å². The number of halogens is 1. The van der Waals surface area contributed by atoms with Gasteiger partial charge in [0.15, 0.2) is 0 Å². The molecule has 1 heterocycles. The minimum absolute atomic E-state index is 0.0374. The van der Waals surface area contributed by atoms with Crippen LogP contribution in [0, 0.1) is 0 Å². The van der Waals surface area contributed by atoms with Gasteiger partial charge in [-0.3, -0.25) is 0 Å². The molecule has 0 aliphatic carbocycles. The Morgan fingerprint density at radius 3 is 2.81 bits per heavy atom. The Hall–Kier alpha value is -1.79. The van der Waals surface area contributed by atoms with E-state index in [9.17, 15) is 14.7 Å². The number of likely N-dealkylation sites (tertiary alicyclic amines) is 1. The maximum absolute atomic E-state index is 12.3. The first-order valence-corrected chi connectivity index (χ1v) is 6.93. The number of carboxylic acid groups (broad SMARTS) is 1. The van der Waals surface area contributed by atoms with E-state index in [2.05, 4.69) is 0 Å². The van der Waals surface area contributed by atoms with Crippen LogP contribution < -0.4 is 0 Å². The lowest BCUT2D eigenvalue weighted by Crippen LogP contribution is -2.46. The van der Waals surface area contributed by atoms with E-state index in [1.165, 1.54) is 9.80 Å². The molecular formula is C14H17ClN2O4. The van der Waals surface area contributed by atoms with Crippen LogP contribution in [0.4, 0.5) is 4.79 Å². The zero-order valence-electron chi connectivity index (χ0n) is 11.6. The Morgan fingerprint density at radius 1 is 1.48 bits per heavy atom. The van der Waals surface area contributed by atoms with Gasteiger partial charge in [0.25, 0.3) is 0 Å². The van der Waals surface area contributed by atoms with Crippen LogP contribution in [0.3, 0.4) is 0 Å². The Bertz CT molecular complexity index is 552. The fraction of sp³-hybridized carbons (Fsp3) is 0.429. The minimum Gasteiger partial charge on any atom is -0.480 e. The first kappa shape index (κ1) is 15.6. The largest absolute Gasteiger partial charge is 0.480 e. The highest BCUT2D eigenvalue weighted by Crippen LogP contribution is 2.20. The van der Waals surface area contributed by atoms with E-state index in [-0.39, 0.29) is 13.0 Å². The summed E-state index contributed by atoms with van der Waals surface area (Å²) in [5.41, 5.74) is 0.852. The van der Waals surface area contributed by atoms with Crippen molar-refractivity contribution in [3.63, 3.8) is 0 Å². The summed E-state index contributed by atoms with van der Waals surface area (Å²) >= 11 is 5.89. The predicted octanol–water partition coefficient (Wildman–Crippen LogP) is 1.41. The summed E-state index contributed by atoms with van der Waals surface area (Å²) < 4.78 is 0. The van der Waals surface area contributed by atoms with Crippen molar-refractivity contribution in [3.8, 4) is 0 Å². The first-order chi connectivity index (χ1) is 9.88. The standard InChI is InChI=1S/C14H17ClN2O4/c1-16(7-9-3-2-4-10(15)5-9)14(21)17-8-11(18)6-12(17)13(19)20/h2-5,11-12,18H,6-8H2,1H3,(H,19,20)/t11-,12+/m1/s1. The summed E-state index contributed by atoms with van der Waals surface area (Å²) in [6.45, 7) is 0.355. The molecule has 1 aromatic rings. The SMILES string of the molecule is CN(Cc1cccc(Cl)c1)C(=O)N1C[C@H](O)C[C@H]1C(=O)O. The van der Waals surface area contributed by atoms with E-state index >= 15 is 0 Å². The van der Waals surface area contributed by atoms with Gasteiger partial charge in [-0.15, -0.1) is 0 Å². The van der Waals surface area contributed by atoms with Crippen LogP contribution in [0.15, 0.2) is 24.3 Å². The van der Waals surface area contributed by atoms with Crippen molar-refractivity contribution in [2.45, 2.75) is 25.1 Å². The Labute approximate surface area is 127 Å². The van der Waals surface area contributed by atoms with Gasteiger partial charge in [-0.05, 0) is 17.7 Å². The van der Waals surface area contributed by atoms with Crippen molar-refractivity contribution in [2.24, 2.45) is 0 Å². The maximum Gasteiger partial charge on any atom is 0.326 e. The molecule has 6 nitrogen and oxygen atoms in total. The van der Waals surface area contributed by atoms with Gasteiger partial charge in [-0.25, -0.2) is 9.59 Å². The van der Waals surface area contributed by atoms with Crippen molar-refractivity contribution < 1.29 is 19.8 Å². The highest BCUT2D eigenvalue weighted by molar-refractivity contribution is 6.30. The molecule has 0 bridgehead atoms. The number of nitrogens with zero attached hydrogens (tertiary/aromatic N) is 2. The first-order valence-electron chi connectivity index (χ1n) is 6.55. The molecule has 1 aromatic carbocycles. The molecular weight excluding hydrogens is 296 g/mol. The number of hydrogen-bond donors (Lipinski definition) is 2. The molecule has 114 valence electrons. The van der Waals surface area contributed by atoms with Gasteiger partial charge >= 0.3 is 12.0 Å². The summed E-state index contributed by atoms with van der Waals surface area (Å²) in [5.74, 6) is -1.10. The average molecular weight is 313 g/mol. The number of benzene rings is 1. The molecule has 1 fully saturated rings. The summed E-state index contributed by atoms with van der Waals surface area (Å²) in [7, 11) is 1.59. The van der Waals surface area contributed by atoms with E-state index in [1.54, 1.807) is 25.2 Å². The van der Waals surface area contributed by atoms with Crippen molar-refractivity contribution in [3.05, 3.63) is 34.9 Å². The summed E-state index contributed by atoms with van der Waals surface area (Å²) in [4.78, 5) is 26.1. The molecule has 2 atom stereocenters. The number of aliphatic hydroxyl groups is 1. The number of carbonyl (C=O) groups excluding carboxylic acids is 1. The van der Waals surface area contributed by atoms with Gasteiger partial charge < -0.3 is 20.0 Å². The monoisotopic (exact) mass is 312 g/mol. The summed E-state index contributed by atoms with van der Waals surface area (Å²) in [5, 5.41) is 19.3. The number of aliphatic hydroxyl groups excluding tert-OH is 1. The third-order valence-corrected chi connectivity index (χ3v) is 3.68. The fourth-order valence-corrected chi connectivity index (χ4v) is 2.67. The predicted molar refractivity (Wildman–Crippen MR) is 77.1 cm³/mol. The lowest BCUT2D eigenvalue weighted by atomic mass is 10.2. The molecule has 2 rings (SSSR count). The van der Waals surface area contributed by atoms with Gasteiger partial charge in [-0.1, -0.05) is 23.7 Å². The van der Waals surface area contributed by atoms with Gasteiger partial charge in [0, 0.05) is 31.6 Å². The molecule has 21 heavy (non-hydrogen) atoms. The summed E-state index contributed by atoms with van der Waals surface area (Å²) in [6, 6.07) is 5.72. The van der Waals surface area contributed by atoms with E-state index < -0.39 is 24.1 Å². The number of carbonyl (C=O) groups is 2. The molecule has 1 aliphatic rings. The van der Waals surface area contributed by atoms with Gasteiger partial charge in [0.2, 0.25) is 0 Å². The second-order valence-electron chi connectivity index (χ2n) is 5.16. The van der Waals surface area contributed by atoms with E-state index in [0.29, 0.717) is 11.6 Å². The van der Waals surface area contributed by atoms with Gasteiger partial charge in [0.1, 0.15) is 6.04 Å². The number of urea groups is 1. The molecule has 0 aromatic heterocycles. The molecule has 1 aliphatic heterocycles. The zero-order chi connectivity index (χ0) is 15.6. The fourth-order valence-electron chi connectivity index (χ4n) is 2.46. The lowest BCUT2D eigenvalue weighted by Gasteiger charge is -2.27.